The summed E-state index contributed by atoms with van der Waals surface area (Å²) in [6, 6.07) is 11.7. The van der Waals surface area contributed by atoms with E-state index in [1.165, 1.54) is 18.3 Å². The van der Waals surface area contributed by atoms with Crippen LogP contribution in [0.15, 0.2) is 59.5 Å². The fourth-order valence-electron chi connectivity index (χ4n) is 2.71. The van der Waals surface area contributed by atoms with Gasteiger partial charge in [0.05, 0.1) is 29.7 Å². The fourth-order valence-corrected chi connectivity index (χ4v) is 2.90. The standard InChI is InChI=1S/C20H17ClF3N3O2/c21-18-17(25-9-8-13-4-6-14(12-28)7-5-13)11-26-27(19(18)29)16-3-1-2-15(10-16)20(22,23)24/h1-7,10-11,25,28H,8-9,12H2. The van der Waals surface area contributed by atoms with Crippen molar-refractivity contribution in [3.63, 3.8) is 0 Å². The van der Waals surface area contributed by atoms with Crippen molar-refractivity contribution >= 4 is 17.3 Å². The molecule has 3 rings (SSSR count). The van der Waals surface area contributed by atoms with Crippen LogP contribution in [0, 0.1) is 0 Å². The Bertz CT molecular complexity index is 1050. The molecule has 3 aromatic rings. The molecular formula is C20H17ClF3N3O2. The van der Waals surface area contributed by atoms with Gasteiger partial charge in [-0.1, -0.05) is 41.9 Å². The number of aliphatic hydroxyl groups is 1. The summed E-state index contributed by atoms with van der Waals surface area (Å²) in [5.41, 5.74) is 0.509. The topological polar surface area (TPSA) is 67.2 Å². The zero-order chi connectivity index (χ0) is 21.0. The second kappa shape index (κ2) is 8.67. The molecular weight excluding hydrogens is 407 g/mol. The molecule has 0 aliphatic heterocycles. The molecule has 0 spiro atoms. The van der Waals surface area contributed by atoms with Gasteiger partial charge in [0, 0.05) is 6.54 Å². The van der Waals surface area contributed by atoms with Gasteiger partial charge in [0.1, 0.15) is 5.02 Å². The smallest absolute Gasteiger partial charge is 0.392 e. The van der Waals surface area contributed by atoms with Crippen LogP contribution < -0.4 is 10.9 Å². The van der Waals surface area contributed by atoms with Crippen LogP contribution in [0.5, 0.6) is 0 Å². The third-order valence-corrected chi connectivity index (χ3v) is 4.64. The zero-order valence-corrected chi connectivity index (χ0v) is 15.8. The average Bonchev–Trinajstić information content (AvgIpc) is 2.71. The molecule has 2 aromatic carbocycles. The number of benzene rings is 2. The van der Waals surface area contributed by atoms with Gasteiger partial charge in [-0.25, -0.2) is 0 Å². The number of aromatic nitrogens is 2. The highest BCUT2D eigenvalue weighted by atomic mass is 35.5. The predicted molar refractivity (Wildman–Crippen MR) is 104 cm³/mol. The first kappa shape index (κ1) is 20.9. The van der Waals surface area contributed by atoms with Crippen molar-refractivity contribution in [3.05, 3.63) is 86.8 Å². The lowest BCUT2D eigenvalue weighted by Gasteiger charge is -2.12. The number of alkyl halides is 3. The van der Waals surface area contributed by atoms with E-state index in [0.717, 1.165) is 27.9 Å². The van der Waals surface area contributed by atoms with Gasteiger partial charge in [-0.3, -0.25) is 4.79 Å². The first-order valence-electron chi connectivity index (χ1n) is 8.67. The SMILES string of the molecule is O=c1c(Cl)c(NCCc2ccc(CO)cc2)cnn1-c1cccc(C(F)(F)F)c1. The van der Waals surface area contributed by atoms with Crippen molar-refractivity contribution in [2.75, 3.05) is 11.9 Å². The average molecular weight is 424 g/mol. The molecule has 0 aliphatic carbocycles. The number of hydrogen-bond donors (Lipinski definition) is 2. The van der Waals surface area contributed by atoms with Crippen LogP contribution in [0.2, 0.25) is 5.02 Å². The van der Waals surface area contributed by atoms with Gasteiger partial charge >= 0.3 is 6.18 Å². The largest absolute Gasteiger partial charge is 0.416 e. The number of hydrogen-bond acceptors (Lipinski definition) is 4. The Morgan fingerprint density at radius 2 is 1.79 bits per heavy atom. The van der Waals surface area contributed by atoms with Crippen LogP contribution in [0.1, 0.15) is 16.7 Å². The van der Waals surface area contributed by atoms with Gasteiger partial charge in [-0.2, -0.15) is 23.0 Å². The Labute approximate surface area is 169 Å². The molecule has 0 bridgehead atoms. The second-order valence-corrected chi connectivity index (χ2v) is 6.67. The summed E-state index contributed by atoms with van der Waals surface area (Å²) in [5, 5.41) is 15.8. The van der Waals surface area contributed by atoms with Crippen molar-refractivity contribution in [1.29, 1.82) is 0 Å². The number of rotatable bonds is 6. The molecule has 0 atom stereocenters. The Morgan fingerprint density at radius 3 is 2.45 bits per heavy atom. The summed E-state index contributed by atoms with van der Waals surface area (Å²) in [6.07, 6.45) is -2.59. The molecule has 2 N–H and O–H groups in total. The molecule has 29 heavy (non-hydrogen) atoms. The van der Waals surface area contributed by atoms with Gasteiger partial charge in [0.25, 0.3) is 5.56 Å². The van der Waals surface area contributed by atoms with E-state index in [4.69, 9.17) is 16.7 Å². The first-order chi connectivity index (χ1) is 13.8. The van der Waals surface area contributed by atoms with Crippen molar-refractivity contribution in [2.24, 2.45) is 0 Å². The van der Waals surface area contributed by atoms with E-state index in [0.29, 0.717) is 18.7 Å². The van der Waals surface area contributed by atoms with E-state index in [1.807, 2.05) is 24.3 Å². The summed E-state index contributed by atoms with van der Waals surface area (Å²) >= 11 is 6.11. The zero-order valence-electron chi connectivity index (χ0n) is 15.1. The van der Waals surface area contributed by atoms with Crippen molar-refractivity contribution in [2.45, 2.75) is 19.2 Å². The summed E-state index contributed by atoms with van der Waals surface area (Å²) in [4.78, 5) is 12.5. The van der Waals surface area contributed by atoms with Crippen molar-refractivity contribution in [3.8, 4) is 5.69 Å². The highest BCUT2D eigenvalue weighted by molar-refractivity contribution is 6.32. The van der Waals surface area contributed by atoms with Crippen LogP contribution in [-0.2, 0) is 19.2 Å². The van der Waals surface area contributed by atoms with Crippen molar-refractivity contribution in [1.82, 2.24) is 9.78 Å². The summed E-state index contributed by atoms with van der Waals surface area (Å²) in [6.45, 7) is 0.439. The Kier molecular flexibility index (Phi) is 6.24. The Morgan fingerprint density at radius 1 is 1.10 bits per heavy atom. The van der Waals surface area contributed by atoms with E-state index in [-0.39, 0.29) is 17.3 Å². The lowest BCUT2D eigenvalue weighted by molar-refractivity contribution is -0.137. The first-order valence-corrected chi connectivity index (χ1v) is 9.05. The molecule has 0 radical (unpaired) electrons. The van der Waals surface area contributed by atoms with E-state index in [9.17, 15) is 18.0 Å². The molecule has 0 amide bonds. The van der Waals surface area contributed by atoms with E-state index in [1.54, 1.807) is 0 Å². The lowest BCUT2D eigenvalue weighted by Crippen LogP contribution is -2.23. The maximum Gasteiger partial charge on any atom is 0.416 e. The quantitative estimate of drug-likeness (QED) is 0.627. The number of nitrogens with one attached hydrogen (secondary N) is 1. The van der Waals surface area contributed by atoms with Gasteiger partial charge in [0.15, 0.2) is 0 Å². The van der Waals surface area contributed by atoms with Crippen LogP contribution in [0.4, 0.5) is 18.9 Å². The van der Waals surface area contributed by atoms with Gasteiger partial charge < -0.3 is 10.4 Å². The maximum absolute atomic E-state index is 12.9. The predicted octanol–water partition coefficient (Wildman–Crippen LogP) is 4.05. The molecule has 0 saturated heterocycles. The number of anilines is 1. The molecule has 1 heterocycles. The Hall–Kier alpha value is -2.84. The van der Waals surface area contributed by atoms with E-state index >= 15 is 0 Å². The third kappa shape index (κ3) is 4.96. The third-order valence-electron chi connectivity index (χ3n) is 4.27. The number of aliphatic hydroxyl groups excluding tert-OH is 1. The molecule has 152 valence electrons. The van der Waals surface area contributed by atoms with E-state index < -0.39 is 17.3 Å². The molecule has 0 fully saturated rings. The van der Waals surface area contributed by atoms with E-state index in [2.05, 4.69) is 10.4 Å². The highest BCUT2D eigenvalue weighted by Crippen LogP contribution is 2.30. The van der Waals surface area contributed by atoms with Crippen LogP contribution in [0.25, 0.3) is 5.69 Å². The lowest BCUT2D eigenvalue weighted by atomic mass is 10.1. The number of halogens is 4. The summed E-state index contributed by atoms with van der Waals surface area (Å²) in [7, 11) is 0. The molecule has 5 nitrogen and oxygen atoms in total. The Balaban J connectivity index is 1.75. The monoisotopic (exact) mass is 423 g/mol. The minimum absolute atomic E-state index is 0.0257. The maximum atomic E-state index is 12.9. The van der Waals surface area contributed by atoms with Crippen LogP contribution in [0.3, 0.4) is 0 Å². The normalized spacial score (nSPS) is 11.5. The number of nitrogens with zero attached hydrogens (tertiary/aromatic N) is 2. The molecule has 1 aromatic heterocycles. The van der Waals surface area contributed by atoms with Gasteiger partial charge in [-0.15, -0.1) is 0 Å². The van der Waals surface area contributed by atoms with Gasteiger partial charge in [-0.05, 0) is 35.7 Å². The van der Waals surface area contributed by atoms with Crippen LogP contribution >= 0.6 is 11.6 Å². The fraction of sp³-hybridized carbons (Fsp3) is 0.200. The summed E-state index contributed by atoms with van der Waals surface area (Å²) < 4.78 is 39.5. The van der Waals surface area contributed by atoms with Crippen LogP contribution in [-0.4, -0.2) is 21.4 Å². The minimum atomic E-state index is -4.53. The molecule has 0 aliphatic rings. The van der Waals surface area contributed by atoms with Gasteiger partial charge in [0.2, 0.25) is 0 Å². The highest BCUT2D eigenvalue weighted by Gasteiger charge is 2.30. The molecule has 0 saturated carbocycles. The second-order valence-electron chi connectivity index (χ2n) is 6.29. The van der Waals surface area contributed by atoms with Crippen molar-refractivity contribution < 1.29 is 18.3 Å². The molecule has 9 heteroatoms. The summed E-state index contributed by atoms with van der Waals surface area (Å²) in [5.74, 6) is 0. The molecule has 0 unspecified atom stereocenters. The minimum Gasteiger partial charge on any atom is -0.392 e.